The van der Waals surface area contributed by atoms with Gasteiger partial charge in [0.05, 0.1) is 16.5 Å². The molecule has 41 heavy (non-hydrogen) atoms. The van der Waals surface area contributed by atoms with Crippen molar-refractivity contribution < 1.29 is 27.2 Å². The molecule has 216 valence electrons. The van der Waals surface area contributed by atoms with Gasteiger partial charge in [-0.2, -0.15) is 13.2 Å². The number of nitrogens with one attached hydrogen (secondary N) is 1. The van der Waals surface area contributed by atoms with Crippen LogP contribution in [0.5, 0.6) is 0 Å². The van der Waals surface area contributed by atoms with Crippen LogP contribution in [0.4, 0.5) is 29.2 Å². The Hall–Kier alpha value is -3.81. The first-order valence-corrected chi connectivity index (χ1v) is 13.5. The van der Waals surface area contributed by atoms with Gasteiger partial charge in [-0.1, -0.05) is 6.92 Å². The number of amides is 2. The predicted octanol–water partition coefficient (Wildman–Crippen LogP) is 5.36. The van der Waals surface area contributed by atoms with Crippen molar-refractivity contribution in [1.29, 1.82) is 0 Å². The van der Waals surface area contributed by atoms with Crippen LogP contribution < -0.4 is 11.1 Å². The monoisotopic (exact) mass is 635 g/mol. The molecule has 5 rings (SSSR count). The molecule has 3 aromatic heterocycles. The van der Waals surface area contributed by atoms with Gasteiger partial charge in [-0.3, -0.25) is 9.59 Å². The van der Waals surface area contributed by atoms with E-state index in [4.69, 9.17) is 5.73 Å². The first-order chi connectivity index (χ1) is 19.2. The van der Waals surface area contributed by atoms with Crippen LogP contribution in [0.3, 0.4) is 0 Å². The number of benzene rings is 1. The largest absolute Gasteiger partial charge is 0.416 e. The van der Waals surface area contributed by atoms with Gasteiger partial charge in [0.15, 0.2) is 5.82 Å². The maximum Gasteiger partial charge on any atom is 0.416 e. The molecule has 3 N–H and O–H groups in total. The summed E-state index contributed by atoms with van der Waals surface area (Å²) >= 11 is 3.02. The van der Waals surface area contributed by atoms with E-state index in [1.165, 1.54) is 28.8 Å². The highest BCUT2D eigenvalue weighted by Crippen LogP contribution is 2.39. The van der Waals surface area contributed by atoms with Gasteiger partial charge in [0, 0.05) is 11.4 Å². The van der Waals surface area contributed by atoms with E-state index in [-0.39, 0.29) is 56.7 Å². The second-order valence-electron chi connectivity index (χ2n) is 10.4. The number of aryl methyl sites for hydroxylation is 2. The lowest BCUT2D eigenvalue weighted by atomic mass is 10.0. The van der Waals surface area contributed by atoms with E-state index in [1.54, 1.807) is 6.92 Å². The van der Waals surface area contributed by atoms with Crippen LogP contribution in [0.15, 0.2) is 29.1 Å². The number of likely N-dealkylation sites (tertiary alicyclic amines) is 1. The van der Waals surface area contributed by atoms with Gasteiger partial charge >= 0.3 is 6.18 Å². The summed E-state index contributed by atoms with van der Waals surface area (Å²) in [6, 6.07) is 2.05. The Balaban J connectivity index is 1.54. The molecule has 0 bridgehead atoms. The number of carbonyl (C=O) groups excluding carboxylic acids is 2. The zero-order chi connectivity index (χ0) is 30.0. The van der Waals surface area contributed by atoms with Gasteiger partial charge in [-0.15, -0.1) is 0 Å². The lowest BCUT2D eigenvalue weighted by molar-refractivity contribution is -0.139. The molecule has 3 atom stereocenters. The number of rotatable bonds is 4. The zero-order valence-corrected chi connectivity index (χ0v) is 24.1. The number of hydrogen-bond acceptors (Lipinski definition) is 6. The third kappa shape index (κ3) is 4.98. The molecule has 1 saturated heterocycles. The first-order valence-electron chi connectivity index (χ1n) is 12.7. The van der Waals surface area contributed by atoms with Crippen molar-refractivity contribution in [2.75, 3.05) is 11.1 Å². The third-order valence-electron chi connectivity index (χ3n) is 7.72. The summed E-state index contributed by atoms with van der Waals surface area (Å²) in [5.74, 6) is -1.37. The van der Waals surface area contributed by atoms with E-state index in [1.807, 2.05) is 13.8 Å². The van der Waals surface area contributed by atoms with Gasteiger partial charge < -0.3 is 20.5 Å². The highest BCUT2D eigenvalue weighted by atomic mass is 79.9. The SMILES string of the molecule is Cc1cc(F)c(Br)nc1NC(=O)[C@@H]1C[C@H](C)[C@@H](C)N1C(=O)Cn1c2ncnc(N)c2c2cc(C(F)(F)F)cc(C)c21. The number of nitrogens with two attached hydrogens (primary N) is 1. The molecule has 4 aromatic rings. The predicted molar refractivity (Wildman–Crippen MR) is 148 cm³/mol. The molecular weight excluding hydrogens is 610 g/mol. The molecule has 0 aliphatic carbocycles. The normalized spacial score (nSPS) is 19.3. The van der Waals surface area contributed by atoms with Crippen molar-refractivity contribution in [2.24, 2.45) is 5.92 Å². The van der Waals surface area contributed by atoms with Gasteiger partial charge in [0.25, 0.3) is 0 Å². The Morgan fingerprint density at radius 2 is 1.85 bits per heavy atom. The van der Waals surface area contributed by atoms with Crippen molar-refractivity contribution in [3.63, 3.8) is 0 Å². The lowest BCUT2D eigenvalue weighted by Gasteiger charge is -2.29. The third-order valence-corrected chi connectivity index (χ3v) is 8.28. The number of fused-ring (bicyclic) bond motifs is 3. The molecular formula is C27H26BrF4N7O2. The quantitative estimate of drug-likeness (QED) is 0.230. The molecule has 9 nitrogen and oxygen atoms in total. The Morgan fingerprint density at radius 3 is 2.54 bits per heavy atom. The number of carbonyl (C=O) groups is 2. The summed E-state index contributed by atoms with van der Waals surface area (Å²) in [5, 5.41) is 3.10. The van der Waals surface area contributed by atoms with Gasteiger partial charge in [-0.05, 0) is 78.4 Å². The maximum absolute atomic E-state index is 13.9. The van der Waals surface area contributed by atoms with Gasteiger partial charge in [-0.25, -0.2) is 19.3 Å². The number of nitrogen functional groups attached to an aromatic ring is 1. The van der Waals surface area contributed by atoms with Gasteiger partial charge in [0.1, 0.15) is 40.8 Å². The molecule has 14 heteroatoms. The number of alkyl halides is 3. The number of halogens is 5. The molecule has 0 unspecified atom stereocenters. The summed E-state index contributed by atoms with van der Waals surface area (Å²) in [6.45, 7) is 6.58. The van der Waals surface area contributed by atoms with Crippen LogP contribution in [0.2, 0.25) is 0 Å². The van der Waals surface area contributed by atoms with E-state index in [9.17, 15) is 27.2 Å². The standard InChI is InChI=1S/C27H26BrF4N7O2/c1-11-7-18(26(41)37-24-13(3)6-17(29)22(28)36-24)39(14(11)4)19(40)9-38-21-12(2)5-15(27(30,31)32)8-16(21)20-23(33)34-10-35-25(20)38/h5-6,8,10-11,14,18H,7,9H2,1-4H3,(H2,33,34,35)(H,36,37,41)/t11-,14+,18-/m0/s1. The van der Waals surface area contributed by atoms with Crippen LogP contribution in [0, 0.1) is 25.6 Å². The van der Waals surface area contributed by atoms with Crippen molar-refractivity contribution in [3.05, 3.63) is 51.6 Å². The number of anilines is 2. The molecule has 0 spiro atoms. The molecule has 1 aromatic carbocycles. The van der Waals surface area contributed by atoms with Crippen LogP contribution in [0.25, 0.3) is 21.9 Å². The minimum Gasteiger partial charge on any atom is -0.383 e. The van der Waals surface area contributed by atoms with Crippen LogP contribution in [-0.2, 0) is 22.3 Å². The highest BCUT2D eigenvalue weighted by molar-refractivity contribution is 9.10. The second-order valence-corrected chi connectivity index (χ2v) is 11.2. The maximum atomic E-state index is 13.9. The van der Waals surface area contributed by atoms with Crippen LogP contribution >= 0.6 is 15.9 Å². The van der Waals surface area contributed by atoms with Crippen LogP contribution in [-0.4, -0.2) is 48.3 Å². The van der Waals surface area contributed by atoms with Gasteiger partial charge in [0.2, 0.25) is 11.8 Å². The molecule has 1 aliphatic heterocycles. The van der Waals surface area contributed by atoms with Crippen molar-refractivity contribution in [1.82, 2.24) is 24.4 Å². The molecule has 4 heterocycles. The van der Waals surface area contributed by atoms with Crippen LogP contribution in [0.1, 0.15) is 37.0 Å². The summed E-state index contributed by atoms with van der Waals surface area (Å²) in [5.41, 5.74) is 6.49. The highest BCUT2D eigenvalue weighted by Gasteiger charge is 2.43. The molecule has 1 aliphatic rings. The minimum absolute atomic E-state index is 0.0151. The molecule has 0 saturated carbocycles. The summed E-state index contributed by atoms with van der Waals surface area (Å²) in [4.78, 5) is 41.1. The first kappa shape index (κ1) is 28.7. The van der Waals surface area contributed by atoms with E-state index in [2.05, 4.69) is 36.2 Å². The number of hydrogen-bond donors (Lipinski definition) is 2. The van der Waals surface area contributed by atoms with Crippen molar-refractivity contribution in [2.45, 2.75) is 58.9 Å². The molecule has 2 amide bonds. The Kier molecular flexibility index (Phi) is 7.16. The number of aromatic nitrogens is 4. The fraction of sp³-hybridized carbons (Fsp3) is 0.370. The summed E-state index contributed by atoms with van der Waals surface area (Å²) < 4.78 is 56.3. The van der Waals surface area contributed by atoms with E-state index >= 15 is 0 Å². The molecule has 1 fully saturated rings. The Bertz CT molecular complexity index is 1720. The average Bonchev–Trinajstić information content (AvgIpc) is 3.37. The Labute approximate surface area is 240 Å². The smallest absolute Gasteiger partial charge is 0.383 e. The fourth-order valence-electron chi connectivity index (χ4n) is 5.56. The second kappa shape index (κ2) is 10.2. The van der Waals surface area contributed by atoms with E-state index < -0.39 is 35.4 Å². The minimum atomic E-state index is -4.59. The van der Waals surface area contributed by atoms with E-state index in [0.29, 0.717) is 17.5 Å². The van der Waals surface area contributed by atoms with Crippen molar-refractivity contribution in [3.8, 4) is 0 Å². The summed E-state index contributed by atoms with van der Waals surface area (Å²) in [6.07, 6.45) is -3.04. The topological polar surface area (TPSA) is 119 Å². The molecule has 0 radical (unpaired) electrons. The number of nitrogens with zero attached hydrogens (tertiary/aromatic N) is 5. The lowest BCUT2D eigenvalue weighted by Crippen LogP contribution is -2.47. The Morgan fingerprint density at radius 1 is 1.15 bits per heavy atom. The van der Waals surface area contributed by atoms with E-state index in [0.717, 1.165) is 12.1 Å². The summed E-state index contributed by atoms with van der Waals surface area (Å²) in [7, 11) is 0. The average molecular weight is 636 g/mol. The fourth-order valence-corrected chi connectivity index (χ4v) is 5.85. The van der Waals surface area contributed by atoms with Crippen molar-refractivity contribution >= 4 is 61.3 Å². The zero-order valence-electron chi connectivity index (χ0n) is 22.5. The number of pyridine rings is 1.